The molecule has 0 aromatic rings. The van der Waals surface area contributed by atoms with E-state index < -0.39 is 11.9 Å². The van der Waals surface area contributed by atoms with Crippen LogP contribution in [0, 0.1) is 0 Å². The number of carboxylic acids is 1. The van der Waals surface area contributed by atoms with E-state index in [1.807, 2.05) is 0 Å². The molecule has 2 amide bonds. The van der Waals surface area contributed by atoms with Crippen LogP contribution < -0.4 is 0 Å². The summed E-state index contributed by atoms with van der Waals surface area (Å²) in [6, 6.07) is -0.459. The lowest BCUT2D eigenvalue weighted by molar-refractivity contribution is -0.141. The first-order chi connectivity index (χ1) is 8.79. The van der Waals surface area contributed by atoms with Crippen LogP contribution >= 0.6 is 0 Å². The van der Waals surface area contributed by atoms with Crippen LogP contribution in [0.1, 0.15) is 26.7 Å². The zero-order valence-electron chi connectivity index (χ0n) is 11.9. The molecule has 0 radical (unpaired) electrons. The van der Waals surface area contributed by atoms with Crippen LogP contribution in [0.15, 0.2) is 0 Å². The fourth-order valence-electron chi connectivity index (χ4n) is 1.46. The minimum absolute atomic E-state index is 0.0102. The van der Waals surface area contributed by atoms with E-state index in [4.69, 9.17) is 5.11 Å². The molecule has 0 saturated heterocycles. The van der Waals surface area contributed by atoms with Crippen LogP contribution in [0.25, 0.3) is 0 Å². The van der Waals surface area contributed by atoms with Gasteiger partial charge in [-0.1, -0.05) is 0 Å². The Morgan fingerprint density at radius 3 is 2.26 bits per heavy atom. The fourth-order valence-corrected chi connectivity index (χ4v) is 1.46. The van der Waals surface area contributed by atoms with Gasteiger partial charge in [-0.2, -0.15) is 0 Å². The van der Waals surface area contributed by atoms with Gasteiger partial charge in [0, 0.05) is 26.1 Å². The summed E-state index contributed by atoms with van der Waals surface area (Å²) in [6.07, 6.45) is 0.387. The zero-order chi connectivity index (χ0) is 15.0. The number of carbonyl (C=O) groups excluding carboxylic acids is 2. The maximum absolute atomic E-state index is 12.1. The first-order valence-electron chi connectivity index (χ1n) is 6.10. The predicted octanol–water partition coefficient (Wildman–Crippen LogP) is 0.786. The lowest BCUT2D eigenvalue weighted by atomic mass is 10.3. The maximum Gasteiger partial charge on any atom is 0.325 e. The molecule has 1 N–H and O–H groups in total. The van der Waals surface area contributed by atoms with Crippen molar-refractivity contribution < 1.29 is 24.2 Å². The Kier molecular flexibility index (Phi) is 7.55. The molecule has 110 valence electrons. The number of rotatable bonds is 7. The van der Waals surface area contributed by atoms with E-state index in [1.54, 1.807) is 20.9 Å². The summed E-state index contributed by atoms with van der Waals surface area (Å²) in [4.78, 5) is 36.5. The molecule has 0 saturated carbocycles. The molecule has 0 spiro atoms. The van der Waals surface area contributed by atoms with Crippen molar-refractivity contribution in [1.29, 1.82) is 0 Å². The molecule has 0 heterocycles. The summed E-state index contributed by atoms with van der Waals surface area (Å²) in [6.45, 7) is 3.81. The molecule has 7 nitrogen and oxygen atoms in total. The highest BCUT2D eigenvalue weighted by Gasteiger charge is 2.23. The van der Waals surface area contributed by atoms with Crippen LogP contribution in [0.2, 0.25) is 0 Å². The minimum Gasteiger partial charge on any atom is -0.481 e. The summed E-state index contributed by atoms with van der Waals surface area (Å²) in [5.74, 6) is -1.38. The number of nitrogens with zero attached hydrogens (tertiary/aromatic N) is 2. The van der Waals surface area contributed by atoms with Crippen molar-refractivity contribution in [2.24, 2.45) is 0 Å². The lowest BCUT2D eigenvalue weighted by Crippen LogP contribution is -2.47. The van der Waals surface area contributed by atoms with Crippen LogP contribution in [-0.2, 0) is 14.3 Å². The van der Waals surface area contributed by atoms with Crippen LogP contribution in [0.5, 0.6) is 0 Å². The third-order valence-electron chi connectivity index (χ3n) is 2.61. The highest BCUT2D eigenvalue weighted by Crippen LogP contribution is 2.05. The van der Waals surface area contributed by atoms with E-state index in [-0.39, 0.29) is 25.0 Å². The number of methoxy groups -OCH3 is 1. The zero-order valence-corrected chi connectivity index (χ0v) is 11.9. The van der Waals surface area contributed by atoms with Gasteiger partial charge in [0.25, 0.3) is 0 Å². The molecule has 0 aliphatic rings. The maximum atomic E-state index is 12.1. The van der Waals surface area contributed by atoms with E-state index in [0.717, 1.165) is 0 Å². The molecule has 0 aliphatic carbocycles. The number of ether oxygens (including phenoxy) is 1. The van der Waals surface area contributed by atoms with Gasteiger partial charge in [0.2, 0.25) is 0 Å². The Balaban J connectivity index is 4.45. The van der Waals surface area contributed by atoms with Gasteiger partial charge in [-0.25, -0.2) is 4.79 Å². The second-order valence-corrected chi connectivity index (χ2v) is 4.50. The highest BCUT2D eigenvalue weighted by atomic mass is 16.5. The van der Waals surface area contributed by atoms with Gasteiger partial charge >= 0.3 is 18.0 Å². The number of carbonyl (C=O) groups is 3. The van der Waals surface area contributed by atoms with Crippen molar-refractivity contribution in [3.05, 3.63) is 0 Å². The van der Waals surface area contributed by atoms with Crippen LogP contribution in [-0.4, -0.2) is 66.2 Å². The van der Waals surface area contributed by atoms with Crippen molar-refractivity contribution in [2.75, 3.05) is 27.2 Å². The largest absolute Gasteiger partial charge is 0.481 e. The number of amides is 2. The second-order valence-electron chi connectivity index (χ2n) is 4.50. The Hall–Kier alpha value is -1.79. The molecule has 0 aromatic carbocycles. The summed E-state index contributed by atoms with van der Waals surface area (Å²) in [5.41, 5.74) is 0. The molecule has 0 aromatic heterocycles. The summed E-state index contributed by atoms with van der Waals surface area (Å²) in [5, 5.41) is 8.54. The Labute approximate surface area is 113 Å². The molecule has 7 heteroatoms. The van der Waals surface area contributed by atoms with E-state index in [9.17, 15) is 14.4 Å². The number of esters is 1. The van der Waals surface area contributed by atoms with E-state index in [2.05, 4.69) is 4.74 Å². The molecule has 0 bridgehead atoms. The molecular formula is C12H22N2O5. The van der Waals surface area contributed by atoms with Gasteiger partial charge in [-0.05, 0) is 20.3 Å². The number of aliphatic carboxylic acids is 1. The van der Waals surface area contributed by atoms with Gasteiger partial charge in [0.1, 0.15) is 6.54 Å². The Morgan fingerprint density at radius 2 is 1.84 bits per heavy atom. The van der Waals surface area contributed by atoms with Crippen LogP contribution in [0.4, 0.5) is 4.79 Å². The van der Waals surface area contributed by atoms with E-state index in [0.29, 0.717) is 13.0 Å². The molecule has 19 heavy (non-hydrogen) atoms. The third kappa shape index (κ3) is 6.64. The normalized spacial score (nSPS) is 10.2. The van der Waals surface area contributed by atoms with Crippen molar-refractivity contribution in [3.8, 4) is 0 Å². The topological polar surface area (TPSA) is 87.2 Å². The average molecular weight is 274 g/mol. The lowest BCUT2D eigenvalue weighted by Gasteiger charge is -2.30. The van der Waals surface area contributed by atoms with Gasteiger partial charge < -0.3 is 19.6 Å². The molecule has 0 aliphatic heterocycles. The Morgan fingerprint density at radius 1 is 1.26 bits per heavy atom. The van der Waals surface area contributed by atoms with Crippen molar-refractivity contribution in [2.45, 2.75) is 32.7 Å². The van der Waals surface area contributed by atoms with Crippen molar-refractivity contribution >= 4 is 18.0 Å². The van der Waals surface area contributed by atoms with E-state index in [1.165, 1.54) is 16.9 Å². The van der Waals surface area contributed by atoms with Gasteiger partial charge in [0.15, 0.2) is 0 Å². The number of carboxylic acid groups (broad SMARTS) is 1. The summed E-state index contributed by atoms with van der Waals surface area (Å²) in [7, 11) is 2.85. The van der Waals surface area contributed by atoms with E-state index >= 15 is 0 Å². The van der Waals surface area contributed by atoms with Gasteiger partial charge in [0.05, 0.1) is 7.11 Å². The average Bonchev–Trinajstić information content (AvgIpc) is 2.33. The standard InChI is InChI=1S/C12H22N2O5/c1-9(2)14(8-11(17)19-4)12(18)13(3)7-5-6-10(15)16/h9H,5-8H2,1-4H3,(H,15,16). The summed E-state index contributed by atoms with van der Waals surface area (Å²) < 4.78 is 4.54. The van der Waals surface area contributed by atoms with Gasteiger partial charge in [-0.3, -0.25) is 9.59 Å². The van der Waals surface area contributed by atoms with Crippen molar-refractivity contribution in [3.63, 3.8) is 0 Å². The molecule has 0 unspecified atom stereocenters. The number of urea groups is 1. The smallest absolute Gasteiger partial charge is 0.325 e. The SMILES string of the molecule is COC(=O)CN(C(=O)N(C)CCCC(=O)O)C(C)C. The predicted molar refractivity (Wildman–Crippen MR) is 68.8 cm³/mol. The van der Waals surface area contributed by atoms with Crippen LogP contribution in [0.3, 0.4) is 0 Å². The molecule has 0 atom stereocenters. The molecule has 0 fully saturated rings. The minimum atomic E-state index is -0.892. The molecule has 0 rings (SSSR count). The second kappa shape index (κ2) is 8.34. The molecular weight excluding hydrogens is 252 g/mol. The Bertz CT molecular complexity index is 330. The van der Waals surface area contributed by atoms with Gasteiger partial charge in [-0.15, -0.1) is 0 Å². The number of hydrogen-bond acceptors (Lipinski definition) is 4. The summed E-state index contributed by atoms with van der Waals surface area (Å²) >= 11 is 0. The fraction of sp³-hybridized carbons (Fsp3) is 0.750. The monoisotopic (exact) mass is 274 g/mol. The number of hydrogen-bond donors (Lipinski definition) is 1. The highest BCUT2D eigenvalue weighted by molar-refractivity contribution is 5.81. The first-order valence-corrected chi connectivity index (χ1v) is 6.10. The first kappa shape index (κ1) is 17.2. The van der Waals surface area contributed by atoms with Crippen molar-refractivity contribution in [1.82, 2.24) is 9.80 Å². The quantitative estimate of drug-likeness (QED) is 0.693. The third-order valence-corrected chi connectivity index (χ3v) is 2.61.